The molecule has 2 aliphatic heterocycles. The van der Waals surface area contributed by atoms with Crippen LogP contribution in [0.3, 0.4) is 0 Å². The van der Waals surface area contributed by atoms with E-state index >= 15 is 0 Å². The Hall–Kier alpha value is -4.54. The molecule has 260 valence electrons. The molecule has 2 fully saturated rings. The molecular weight excluding hydrogens is 614 g/mol. The number of fused-ring (bicyclic) bond motifs is 1. The van der Waals surface area contributed by atoms with Crippen LogP contribution >= 0.6 is 12.4 Å². The van der Waals surface area contributed by atoms with Gasteiger partial charge in [0.25, 0.3) is 5.91 Å². The van der Waals surface area contributed by atoms with Gasteiger partial charge in [-0.15, -0.1) is 12.4 Å². The highest BCUT2D eigenvalue weighted by Gasteiger charge is 2.21. The van der Waals surface area contributed by atoms with E-state index in [1.165, 1.54) is 31.0 Å². The number of aromatic hydroxyl groups is 1. The van der Waals surface area contributed by atoms with Crippen molar-refractivity contribution in [3.63, 3.8) is 0 Å². The fraction of sp³-hybridized carbons (Fsp3) is 0.367. The second-order valence-electron chi connectivity index (χ2n) is 10.6. The number of amides is 1. The van der Waals surface area contributed by atoms with Crippen molar-refractivity contribution in [1.29, 1.82) is 0 Å². The van der Waals surface area contributed by atoms with E-state index in [1.54, 1.807) is 24.3 Å². The van der Waals surface area contributed by atoms with Gasteiger partial charge >= 0.3 is 5.63 Å². The number of aromatic nitrogens is 3. The number of halogens is 1. The number of nitrogens with zero attached hydrogens (tertiary/aromatic N) is 5. The van der Waals surface area contributed by atoms with Crippen LogP contribution in [0.1, 0.15) is 60.2 Å². The molecule has 0 aliphatic carbocycles. The van der Waals surface area contributed by atoms with Gasteiger partial charge in [0.2, 0.25) is 17.8 Å². The van der Waals surface area contributed by atoms with Gasteiger partial charge in [0, 0.05) is 66.8 Å². The monoisotopic (exact) mass is 667 g/mol. The molecule has 2 aromatic carbocycles. The highest BCUT2D eigenvalue weighted by atomic mass is 35.5. The number of benzene rings is 2. The summed E-state index contributed by atoms with van der Waals surface area (Å²) in [4.78, 5) is 43.4. The predicted molar refractivity (Wildman–Crippen MR) is 194 cm³/mol. The zero-order valence-corrected chi connectivity index (χ0v) is 27.1. The molecule has 2 saturated heterocycles. The molecule has 0 atom stereocenters. The van der Waals surface area contributed by atoms with Crippen LogP contribution in [0.15, 0.2) is 51.7 Å². The van der Waals surface area contributed by atoms with Gasteiger partial charge in [-0.1, -0.05) is 0 Å². The first-order valence-electron chi connectivity index (χ1n) is 14.1. The summed E-state index contributed by atoms with van der Waals surface area (Å²) in [6.07, 6.45) is 6.86. The first-order chi connectivity index (χ1) is 19.9. The molecule has 6 rings (SSSR count). The van der Waals surface area contributed by atoms with Crippen molar-refractivity contribution in [2.75, 3.05) is 46.6 Å². The van der Waals surface area contributed by atoms with Gasteiger partial charge in [-0.3, -0.25) is 4.79 Å². The smallest absolute Gasteiger partial charge is 0.336 e. The molecular formula is C30H54ClN11O4. The van der Waals surface area contributed by atoms with Crippen molar-refractivity contribution in [2.45, 2.75) is 45.4 Å². The average molecular weight is 668 g/mol. The second kappa shape index (κ2) is 17.2. The minimum absolute atomic E-state index is 0. The maximum atomic E-state index is 13.0. The lowest BCUT2D eigenvalue weighted by Gasteiger charge is -2.30. The van der Waals surface area contributed by atoms with Crippen LogP contribution in [0.4, 0.5) is 29.2 Å². The maximum absolute atomic E-state index is 13.0. The molecule has 1 amide bonds. The number of aryl methyl sites for hydroxylation is 1. The van der Waals surface area contributed by atoms with Gasteiger partial charge in [-0.2, -0.15) is 15.0 Å². The fourth-order valence-electron chi connectivity index (χ4n) is 5.41. The number of carbonyl (C=O) groups excluding carboxylic acids is 1. The number of piperidine rings is 2. The highest BCUT2D eigenvalue weighted by Crippen LogP contribution is 2.28. The van der Waals surface area contributed by atoms with Crippen LogP contribution < -0.4 is 50.7 Å². The molecule has 2 aromatic heterocycles. The van der Waals surface area contributed by atoms with Gasteiger partial charge in [0.15, 0.2) is 0 Å². The third-order valence-electron chi connectivity index (χ3n) is 7.60. The van der Waals surface area contributed by atoms with Crippen molar-refractivity contribution in [3.8, 4) is 5.75 Å². The summed E-state index contributed by atoms with van der Waals surface area (Å²) in [6, 6.07) is 11.2. The van der Waals surface area contributed by atoms with E-state index < -0.39 is 11.5 Å². The molecule has 16 heteroatoms. The first kappa shape index (κ1) is 39.5. The van der Waals surface area contributed by atoms with Gasteiger partial charge in [0.05, 0.1) is 5.56 Å². The fourth-order valence-corrected chi connectivity index (χ4v) is 5.41. The van der Waals surface area contributed by atoms with Crippen molar-refractivity contribution >= 4 is 58.5 Å². The molecule has 15 nitrogen and oxygen atoms in total. The lowest BCUT2D eigenvalue weighted by atomic mass is 10.1. The molecule has 0 spiro atoms. The number of hydrogen-bond acceptors (Lipinski definition) is 14. The molecule has 46 heavy (non-hydrogen) atoms. The summed E-state index contributed by atoms with van der Waals surface area (Å²) in [6.45, 7) is 5.48. The van der Waals surface area contributed by atoms with E-state index in [0.29, 0.717) is 34.8 Å². The van der Waals surface area contributed by atoms with Crippen LogP contribution in [0.2, 0.25) is 0 Å². The van der Waals surface area contributed by atoms with E-state index in [4.69, 9.17) is 19.4 Å². The number of nitrogens with one attached hydrogen (secondary N) is 2. The summed E-state index contributed by atoms with van der Waals surface area (Å²) < 4.78 is 5.27. The third-order valence-corrected chi connectivity index (χ3v) is 7.60. The number of phenolic OH excluding ortho intramolecular Hbond substituents is 1. The van der Waals surface area contributed by atoms with Gasteiger partial charge < -0.3 is 54.6 Å². The molecule has 4 heterocycles. The quantitative estimate of drug-likeness (QED) is 0.102. The number of carbonyl (C=O) groups is 1. The molecule has 0 radical (unpaired) electrons. The normalized spacial score (nSPS) is 13.9. The standard InChI is InChI=1S/C30H33N7O4.ClH.4H3N.4H2/c1-19-16-26(39)41-25-18-21(8-10-22(19)25)31-27(40)23-11-9-20(17-24(23)38)32-28-33-29(36-12-4-2-5-13-36)35-30(34-28)37-14-6-3-7-15-37;;;;;;;;;/h8-11,16-18,38H,2-7,12-15H2,1H3,(H,31,40)(H,32,33,34,35);1H;4*1H3;4*1H. The predicted octanol–water partition coefficient (Wildman–Crippen LogP) is 7.02. The Morgan fingerprint density at radius 2 is 1.37 bits per heavy atom. The van der Waals surface area contributed by atoms with Crippen LogP contribution in [0, 0.1) is 6.92 Å². The summed E-state index contributed by atoms with van der Waals surface area (Å²) in [7, 11) is 0. The Morgan fingerprint density at radius 3 is 1.93 bits per heavy atom. The topological polar surface area (TPSA) is 277 Å². The minimum atomic E-state index is -0.497. The molecule has 4 aromatic rings. The van der Waals surface area contributed by atoms with E-state index in [0.717, 1.165) is 62.8 Å². The minimum Gasteiger partial charge on any atom is -0.507 e. The van der Waals surface area contributed by atoms with Crippen LogP contribution in [0.25, 0.3) is 11.0 Å². The lowest BCUT2D eigenvalue weighted by Crippen LogP contribution is -2.34. The Labute approximate surface area is 279 Å². The zero-order chi connectivity index (χ0) is 28.3. The molecule has 0 unspecified atom stereocenters. The first-order valence-corrected chi connectivity index (χ1v) is 14.1. The molecule has 0 saturated carbocycles. The van der Waals surface area contributed by atoms with Crippen molar-refractivity contribution in [2.24, 2.45) is 0 Å². The number of hydrogen-bond donors (Lipinski definition) is 7. The molecule has 15 N–H and O–H groups in total. The SMILES string of the molecule is Cc1cc(=O)oc2cc(NC(=O)c3ccc(Nc4nc(N5CCCCC5)nc(N5CCCCC5)n4)cc3O)ccc12.Cl.N.N.N.N.[HH].[HH].[HH].[HH]. The number of anilines is 5. The summed E-state index contributed by atoms with van der Waals surface area (Å²) in [5.74, 6) is 1.01. The van der Waals surface area contributed by atoms with Gasteiger partial charge in [-0.25, -0.2) is 4.79 Å². The third kappa shape index (κ3) is 8.80. The van der Waals surface area contributed by atoms with Crippen LogP contribution in [0.5, 0.6) is 5.75 Å². The Balaban J connectivity index is -0.00000118. The largest absolute Gasteiger partial charge is 0.507 e. The van der Waals surface area contributed by atoms with Gasteiger partial charge in [-0.05, 0) is 75.3 Å². The average Bonchev–Trinajstić information content (AvgIpc) is 2.97. The van der Waals surface area contributed by atoms with Crippen LogP contribution in [-0.2, 0) is 0 Å². The maximum Gasteiger partial charge on any atom is 0.336 e. The van der Waals surface area contributed by atoms with E-state index in [9.17, 15) is 14.7 Å². The lowest BCUT2D eigenvalue weighted by molar-refractivity contribution is 0.102. The summed E-state index contributed by atoms with van der Waals surface area (Å²) in [5.41, 5.74) is 1.80. The van der Waals surface area contributed by atoms with Crippen molar-refractivity contribution in [3.05, 3.63) is 64.0 Å². The Morgan fingerprint density at radius 1 is 0.804 bits per heavy atom. The Kier molecular flexibility index (Phi) is 14.8. The van der Waals surface area contributed by atoms with Crippen molar-refractivity contribution in [1.82, 2.24) is 39.6 Å². The van der Waals surface area contributed by atoms with Crippen LogP contribution in [-0.4, -0.2) is 52.1 Å². The second-order valence-corrected chi connectivity index (χ2v) is 10.6. The van der Waals surface area contributed by atoms with Gasteiger partial charge in [0.1, 0.15) is 11.3 Å². The van der Waals surface area contributed by atoms with E-state index in [1.807, 2.05) is 6.92 Å². The highest BCUT2D eigenvalue weighted by molar-refractivity contribution is 6.07. The van der Waals surface area contributed by atoms with E-state index in [-0.39, 0.29) is 54.0 Å². The molecule has 0 bridgehead atoms. The molecule has 2 aliphatic rings. The van der Waals surface area contributed by atoms with E-state index in [2.05, 4.69) is 20.4 Å². The Bertz CT molecular complexity index is 1640. The van der Waals surface area contributed by atoms with Crippen molar-refractivity contribution < 1.29 is 20.0 Å². The number of rotatable bonds is 6. The summed E-state index contributed by atoms with van der Waals surface area (Å²) in [5, 5.41) is 17.5. The summed E-state index contributed by atoms with van der Waals surface area (Å²) >= 11 is 0. The zero-order valence-electron chi connectivity index (χ0n) is 26.3. The number of phenols is 1.